The number of nitrogens with one attached hydrogen (secondary N) is 1. The second kappa shape index (κ2) is 5.66. The summed E-state index contributed by atoms with van der Waals surface area (Å²) in [7, 11) is 0. The molecular formula is C17H17ClN2S. The monoisotopic (exact) mass is 316 g/mol. The molecule has 108 valence electrons. The van der Waals surface area contributed by atoms with Crippen LogP contribution in [-0.2, 0) is 0 Å². The maximum Gasteiger partial charge on any atom is 0.0934 e. The fourth-order valence-corrected chi connectivity index (χ4v) is 3.91. The smallest absolute Gasteiger partial charge is 0.0934 e. The first-order chi connectivity index (χ1) is 10.0. The van der Waals surface area contributed by atoms with E-state index in [-0.39, 0.29) is 6.04 Å². The van der Waals surface area contributed by atoms with Crippen LogP contribution in [0.2, 0.25) is 5.02 Å². The zero-order chi connectivity index (χ0) is 15.0. The highest BCUT2D eigenvalue weighted by Gasteiger charge is 2.13. The molecule has 2 nitrogen and oxygen atoms in total. The third-order valence-corrected chi connectivity index (χ3v) is 4.79. The van der Waals surface area contributed by atoms with E-state index in [2.05, 4.69) is 37.1 Å². The van der Waals surface area contributed by atoms with Gasteiger partial charge in [0.05, 0.1) is 11.2 Å². The van der Waals surface area contributed by atoms with Crippen LogP contribution in [0.25, 0.3) is 10.9 Å². The van der Waals surface area contributed by atoms with E-state index in [9.17, 15) is 0 Å². The zero-order valence-electron chi connectivity index (χ0n) is 12.3. The Hall–Kier alpha value is -1.58. The number of benzene rings is 1. The first-order valence-electron chi connectivity index (χ1n) is 6.92. The zero-order valence-corrected chi connectivity index (χ0v) is 13.8. The van der Waals surface area contributed by atoms with Gasteiger partial charge >= 0.3 is 0 Å². The van der Waals surface area contributed by atoms with Gasteiger partial charge in [-0.15, -0.1) is 11.3 Å². The van der Waals surface area contributed by atoms with Crippen molar-refractivity contribution in [2.45, 2.75) is 26.8 Å². The van der Waals surface area contributed by atoms with E-state index in [0.717, 1.165) is 21.6 Å². The maximum atomic E-state index is 6.22. The summed E-state index contributed by atoms with van der Waals surface area (Å²) < 4.78 is 0. The van der Waals surface area contributed by atoms with Crippen molar-refractivity contribution in [1.82, 2.24) is 4.98 Å². The standard InChI is InChI=1S/C17H17ClN2S/c1-10-7-15(12(3)21-10)11(2)20-16-9-14(18)8-13-5-4-6-19-17(13)16/h4-9,11,20H,1-3H3. The topological polar surface area (TPSA) is 24.9 Å². The largest absolute Gasteiger partial charge is 0.377 e. The van der Waals surface area contributed by atoms with Gasteiger partial charge in [-0.3, -0.25) is 4.98 Å². The molecule has 3 aromatic rings. The lowest BCUT2D eigenvalue weighted by Gasteiger charge is -2.17. The molecular weight excluding hydrogens is 300 g/mol. The van der Waals surface area contributed by atoms with E-state index in [4.69, 9.17) is 11.6 Å². The molecule has 0 saturated carbocycles. The lowest BCUT2D eigenvalue weighted by molar-refractivity contribution is 0.883. The van der Waals surface area contributed by atoms with Gasteiger partial charge in [-0.25, -0.2) is 0 Å². The summed E-state index contributed by atoms with van der Waals surface area (Å²) in [6.45, 7) is 6.48. The van der Waals surface area contributed by atoms with Crippen LogP contribution in [0.5, 0.6) is 0 Å². The first-order valence-corrected chi connectivity index (χ1v) is 8.12. The minimum Gasteiger partial charge on any atom is -0.377 e. The lowest BCUT2D eigenvalue weighted by Crippen LogP contribution is -2.07. The minimum absolute atomic E-state index is 0.221. The number of hydrogen-bond donors (Lipinski definition) is 1. The third kappa shape index (κ3) is 2.89. The molecule has 0 saturated heterocycles. The average Bonchev–Trinajstić information content (AvgIpc) is 2.77. The van der Waals surface area contributed by atoms with Crippen molar-refractivity contribution in [1.29, 1.82) is 0 Å². The van der Waals surface area contributed by atoms with Crippen molar-refractivity contribution in [2.24, 2.45) is 0 Å². The maximum absolute atomic E-state index is 6.22. The molecule has 3 rings (SSSR count). The molecule has 0 fully saturated rings. The molecule has 1 atom stereocenters. The van der Waals surface area contributed by atoms with Crippen LogP contribution >= 0.6 is 22.9 Å². The summed E-state index contributed by atoms with van der Waals surface area (Å²) in [5.74, 6) is 0. The van der Waals surface area contributed by atoms with Gasteiger partial charge in [0.1, 0.15) is 0 Å². The van der Waals surface area contributed by atoms with Crippen molar-refractivity contribution in [3.05, 3.63) is 56.9 Å². The molecule has 0 aliphatic rings. The Bertz CT molecular complexity index is 795. The molecule has 0 aliphatic carbocycles. The van der Waals surface area contributed by atoms with Gasteiger partial charge in [0.2, 0.25) is 0 Å². The van der Waals surface area contributed by atoms with Crippen molar-refractivity contribution < 1.29 is 0 Å². The number of nitrogens with zero attached hydrogens (tertiary/aromatic N) is 1. The van der Waals surface area contributed by atoms with E-state index in [1.165, 1.54) is 15.3 Å². The molecule has 0 radical (unpaired) electrons. The van der Waals surface area contributed by atoms with Crippen LogP contribution in [0.3, 0.4) is 0 Å². The van der Waals surface area contributed by atoms with Gasteiger partial charge in [0.25, 0.3) is 0 Å². The van der Waals surface area contributed by atoms with Crippen LogP contribution in [-0.4, -0.2) is 4.98 Å². The summed E-state index contributed by atoms with van der Waals surface area (Å²) in [5.41, 5.74) is 3.27. The van der Waals surface area contributed by atoms with Gasteiger partial charge in [-0.1, -0.05) is 17.7 Å². The first kappa shape index (κ1) is 14.4. The number of aryl methyl sites for hydroxylation is 2. The number of rotatable bonds is 3. The summed E-state index contributed by atoms with van der Waals surface area (Å²) in [6.07, 6.45) is 1.81. The van der Waals surface area contributed by atoms with Crippen molar-refractivity contribution in [2.75, 3.05) is 5.32 Å². The van der Waals surface area contributed by atoms with Gasteiger partial charge < -0.3 is 5.32 Å². The molecule has 1 unspecified atom stereocenters. The molecule has 0 amide bonds. The fraction of sp³-hybridized carbons (Fsp3) is 0.235. The number of thiophene rings is 1. The number of pyridine rings is 1. The molecule has 21 heavy (non-hydrogen) atoms. The van der Waals surface area contributed by atoms with Crippen LogP contribution in [0.4, 0.5) is 5.69 Å². The summed E-state index contributed by atoms with van der Waals surface area (Å²) >= 11 is 8.06. The fourth-order valence-electron chi connectivity index (χ4n) is 2.66. The van der Waals surface area contributed by atoms with E-state index in [0.29, 0.717) is 0 Å². The highest BCUT2D eigenvalue weighted by molar-refractivity contribution is 7.12. The molecule has 0 spiro atoms. The Morgan fingerprint density at radius 1 is 1.24 bits per heavy atom. The normalized spacial score (nSPS) is 12.6. The third-order valence-electron chi connectivity index (χ3n) is 3.59. The van der Waals surface area contributed by atoms with E-state index < -0.39 is 0 Å². The van der Waals surface area contributed by atoms with Crippen molar-refractivity contribution in [3.63, 3.8) is 0 Å². The molecule has 0 aliphatic heterocycles. The van der Waals surface area contributed by atoms with Crippen molar-refractivity contribution >= 4 is 39.5 Å². The molecule has 2 aromatic heterocycles. The predicted molar refractivity (Wildman–Crippen MR) is 92.6 cm³/mol. The molecule has 2 heterocycles. The summed E-state index contributed by atoms with van der Waals surface area (Å²) in [5, 5.41) is 5.33. The molecule has 1 aromatic carbocycles. The highest BCUT2D eigenvalue weighted by atomic mass is 35.5. The lowest BCUT2D eigenvalue weighted by atomic mass is 10.1. The van der Waals surface area contributed by atoms with E-state index in [1.807, 2.05) is 41.8 Å². The predicted octanol–water partition coefficient (Wildman–Crippen LogP) is 5.74. The molecule has 0 bridgehead atoms. The second-order valence-corrected chi connectivity index (χ2v) is 7.16. The highest BCUT2D eigenvalue weighted by Crippen LogP contribution is 2.32. The minimum atomic E-state index is 0.221. The SMILES string of the molecule is Cc1cc(C(C)Nc2cc(Cl)cc3cccnc23)c(C)s1. The number of fused-ring (bicyclic) bond motifs is 1. The van der Waals surface area contributed by atoms with Gasteiger partial charge in [0, 0.05) is 32.4 Å². The Morgan fingerprint density at radius 3 is 2.76 bits per heavy atom. The van der Waals surface area contributed by atoms with Crippen LogP contribution < -0.4 is 5.32 Å². The number of aromatic nitrogens is 1. The quantitative estimate of drug-likeness (QED) is 0.666. The van der Waals surface area contributed by atoms with Crippen LogP contribution in [0.15, 0.2) is 36.5 Å². The Balaban J connectivity index is 1.99. The second-order valence-electron chi connectivity index (χ2n) is 5.26. The van der Waals surface area contributed by atoms with E-state index >= 15 is 0 Å². The Morgan fingerprint density at radius 2 is 2.05 bits per heavy atom. The molecule has 4 heteroatoms. The average molecular weight is 317 g/mol. The van der Waals surface area contributed by atoms with Gasteiger partial charge in [-0.2, -0.15) is 0 Å². The number of halogens is 1. The van der Waals surface area contributed by atoms with Crippen LogP contribution in [0.1, 0.15) is 28.3 Å². The number of anilines is 1. The molecule has 1 N–H and O–H groups in total. The van der Waals surface area contributed by atoms with Gasteiger partial charge in [0.15, 0.2) is 0 Å². The number of hydrogen-bond acceptors (Lipinski definition) is 3. The van der Waals surface area contributed by atoms with Crippen LogP contribution in [0, 0.1) is 13.8 Å². The Kier molecular flexibility index (Phi) is 3.87. The summed E-state index contributed by atoms with van der Waals surface area (Å²) in [6, 6.07) is 10.3. The van der Waals surface area contributed by atoms with Crippen molar-refractivity contribution in [3.8, 4) is 0 Å². The summed E-state index contributed by atoms with van der Waals surface area (Å²) in [4.78, 5) is 7.17. The van der Waals surface area contributed by atoms with Gasteiger partial charge in [-0.05, 0) is 50.6 Å². The Labute approximate surface area is 133 Å². The van der Waals surface area contributed by atoms with E-state index in [1.54, 1.807) is 0 Å².